The molecular weight excluding hydrogens is 309 g/mol. The average molecular weight is 322 g/mol. The molecule has 116 valence electrons. The molecule has 21 heavy (non-hydrogen) atoms. The second-order valence-corrected chi connectivity index (χ2v) is 6.85. The van der Waals surface area contributed by atoms with Gasteiger partial charge in [0.25, 0.3) is 0 Å². The molecule has 1 aliphatic rings. The summed E-state index contributed by atoms with van der Waals surface area (Å²) in [5.74, 6) is -0.0749. The van der Waals surface area contributed by atoms with Crippen LogP contribution in [-0.4, -0.2) is 38.2 Å². The Kier molecular flexibility index (Phi) is 3.79. The number of hydrogen-bond donors (Lipinski definition) is 1. The van der Waals surface area contributed by atoms with Crippen LogP contribution in [0.25, 0.3) is 6.08 Å². The van der Waals surface area contributed by atoms with Gasteiger partial charge in [0.15, 0.2) is 9.84 Å². The Hall–Kier alpha value is -1.54. The van der Waals surface area contributed by atoms with Crippen LogP contribution >= 0.6 is 0 Å². The van der Waals surface area contributed by atoms with Crippen molar-refractivity contribution in [2.75, 3.05) is 6.26 Å². The zero-order valence-corrected chi connectivity index (χ0v) is 12.0. The van der Waals surface area contributed by atoms with Gasteiger partial charge in [-0.15, -0.1) is 0 Å². The number of alkyl halides is 3. The highest BCUT2D eigenvalue weighted by atomic mass is 32.2. The van der Waals surface area contributed by atoms with Gasteiger partial charge in [0.05, 0.1) is 11.0 Å². The maximum absolute atomic E-state index is 12.9. The van der Waals surface area contributed by atoms with E-state index in [0.717, 1.165) is 12.3 Å². The van der Waals surface area contributed by atoms with Crippen molar-refractivity contribution < 1.29 is 31.4 Å². The predicted molar refractivity (Wildman–Crippen MR) is 69.7 cm³/mol. The molecule has 2 atom stereocenters. The molecule has 0 aromatic heterocycles. The fourth-order valence-electron chi connectivity index (χ4n) is 2.02. The smallest absolute Gasteiger partial charge is 0.429 e. The Balaban J connectivity index is 2.56. The van der Waals surface area contributed by atoms with E-state index in [1.165, 1.54) is 25.1 Å². The Morgan fingerprint density at radius 3 is 2.43 bits per heavy atom. The third kappa shape index (κ3) is 3.21. The normalized spacial score (nSPS) is 20.3. The largest absolute Gasteiger partial charge is 0.476 e. The summed E-state index contributed by atoms with van der Waals surface area (Å²) in [4.78, 5) is -0.0310. The molecule has 0 bridgehead atoms. The van der Waals surface area contributed by atoms with Gasteiger partial charge in [0.1, 0.15) is 5.75 Å². The molecule has 0 amide bonds. The van der Waals surface area contributed by atoms with Crippen LogP contribution in [0.1, 0.15) is 12.5 Å². The van der Waals surface area contributed by atoms with E-state index >= 15 is 0 Å². The van der Waals surface area contributed by atoms with Gasteiger partial charge in [-0.2, -0.15) is 13.2 Å². The van der Waals surface area contributed by atoms with E-state index in [2.05, 4.69) is 0 Å². The molecule has 0 saturated carbocycles. The maximum Gasteiger partial charge on any atom is 0.429 e. The molecular formula is C13H13F3O4S. The number of aliphatic hydroxyl groups is 1. The minimum Gasteiger partial charge on any atom is -0.476 e. The standard InChI is InChI=1S/C13H13F3O4S/c1-7(17)10-6-8-5-9(21(2,18)19)3-4-11(8)20-12(10)13(14,15)16/h3-7,12,17H,1-2H3. The van der Waals surface area contributed by atoms with Crippen molar-refractivity contribution in [2.45, 2.75) is 30.2 Å². The van der Waals surface area contributed by atoms with Crippen molar-refractivity contribution in [1.82, 2.24) is 0 Å². The van der Waals surface area contributed by atoms with Crippen LogP contribution in [-0.2, 0) is 9.84 Å². The summed E-state index contributed by atoms with van der Waals surface area (Å²) in [6.45, 7) is 1.19. The Morgan fingerprint density at radius 1 is 1.33 bits per heavy atom. The van der Waals surface area contributed by atoms with Gasteiger partial charge in [-0.3, -0.25) is 0 Å². The molecule has 1 aromatic rings. The fraction of sp³-hybridized carbons (Fsp3) is 0.385. The molecule has 2 rings (SSSR count). The summed E-state index contributed by atoms with van der Waals surface area (Å²) in [6, 6.07) is 3.59. The molecule has 1 N–H and O–H groups in total. The molecule has 1 heterocycles. The van der Waals surface area contributed by atoms with E-state index in [1.54, 1.807) is 0 Å². The van der Waals surface area contributed by atoms with Crippen LogP contribution in [0, 0.1) is 0 Å². The first-order valence-electron chi connectivity index (χ1n) is 5.97. The van der Waals surface area contributed by atoms with E-state index in [9.17, 15) is 26.7 Å². The Morgan fingerprint density at radius 2 is 1.95 bits per heavy atom. The monoisotopic (exact) mass is 322 g/mol. The second kappa shape index (κ2) is 5.03. The van der Waals surface area contributed by atoms with Crippen molar-refractivity contribution in [3.05, 3.63) is 29.3 Å². The van der Waals surface area contributed by atoms with Crippen molar-refractivity contribution >= 4 is 15.9 Å². The summed E-state index contributed by atoms with van der Waals surface area (Å²) >= 11 is 0. The number of hydrogen-bond acceptors (Lipinski definition) is 4. The Labute approximate surface area is 119 Å². The molecule has 0 radical (unpaired) electrons. The van der Waals surface area contributed by atoms with Gasteiger partial charge >= 0.3 is 6.18 Å². The molecule has 4 nitrogen and oxygen atoms in total. The SMILES string of the molecule is CC(O)C1=Cc2cc(S(C)(=O)=O)ccc2OC1C(F)(F)F. The summed E-state index contributed by atoms with van der Waals surface area (Å²) in [6.07, 6.45) is -6.16. The van der Waals surface area contributed by atoms with Gasteiger partial charge in [-0.1, -0.05) is 0 Å². The molecule has 0 aliphatic carbocycles. The summed E-state index contributed by atoms with van der Waals surface area (Å²) in [5.41, 5.74) is -0.171. The number of benzene rings is 1. The third-order valence-electron chi connectivity index (χ3n) is 3.06. The first kappa shape index (κ1) is 15.8. The number of halogens is 3. The summed E-state index contributed by atoms with van der Waals surface area (Å²) in [5, 5.41) is 9.50. The number of fused-ring (bicyclic) bond motifs is 1. The molecule has 8 heteroatoms. The lowest BCUT2D eigenvalue weighted by Gasteiger charge is -2.30. The van der Waals surface area contributed by atoms with Gasteiger partial charge in [0.2, 0.25) is 6.10 Å². The van der Waals surface area contributed by atoms with Gasteiger partial charge < -0.3 is 9.84 Å². The van der Waals surface area contributed by atoms with Crippen LogP contribution in [0.15, 0.2) is 28.7 Å². The fourth-order valence-corrected chi connectivity index (χ4v) is 2.68. The predicted octanol–water partition coefficient (Wildman–Crippen LogP) is 2.18. The zero-order chi connectivity index (χ0) is 16.0. The number of ether oxygens (including phenoxy) is 1. The highest BCUT2D eigenvalue weighted by Gasteiger charge is 2.47. The second-order valence-electron chi connectivity index (χ2n) is 4.83. The number of sulfone groups is 1. The van der Waals surface area contributed by atoms with Crippen LogP contribution < -0.4 is 4.74 Å². The lowest BCUT2D eigenvalue weighted by Crippen LogP contribution is -2.40. The van der Waals surface area contributed by atoms with Crippen molar-refractivity contribution in [3.63, 3.8) is 0 Å². The quantitative estimate of drug-likeness (QED) is 0.906. The van der Waals surface area contributed by atoms with Crippen molar-refractivity contribution in [3.8, 4) is 5.75 Å². The molecule has 1 aromatic carbocycles. The maximum atomic E-state index is 12.9. The lowest BCUT2D eigenvalue weighted by atomic mass is 9.97. The van der Waals surface area contributed by atoms with Crippen LogP contribution in [0.3, 0.4) is 0 Å². The third-order valence-corrected chi connectivity index (χ3v) is 4.17. The molecule has 0 spiro atoms. The topological polar surface area (TPSA) is 63.6 Å². The van der Waals surface area contributed by atoms with E-state index in [0.29, 0.717) is 0 Å². The molecule has 0 saturated heterocycles. The van der Waals surface area contributed by atoms with Crippen molar-refractivity contribution in [1.29, 1.82) is 0 Å². The molecule has 2 unspecified atom stereocenters. The number of aliphatic hydroxyl groups excluding tert-OH is 1. The minimum atomic E-state index is -4.67. The van der Waals surface area contributed by atoms with Crippen LogP contribution in [0.2, 0.25) is 0 Å². The highest BCUT2D eigenvalue weighted by molar-refractivity contribution is 7.90. The van der Waals surface area contributed by atoms with Crippen molar-refractivity contribution in [2.24, 2.45) is 0 Å². The van der Waals surface area contributed by atoms with Gasteiger partial charge in [-0.05, 0) is 31.2 Å². The van der Waals surface area contributed by atoms with E-state index in [4.69, 9.17) is 4.74 Å². The van der Waals surface area contributed by atoms with Gasteiger partial charge in [0, 0.05) is 17.4 Å². The van der Waals surface area contributed by atoms with Crippen LogP contribution in [0.5, 0.6) is 5.75 Å². The Bertz CT molecular complexity index is 690. The first-order valence-corrected chi connectivity index (χ1v) is 7.86. The summed E-state index contributed by atoms with van der Waals surface area (Å²) < 4.78 is 66.6. The van der Waals surface area contributed by atoms with Gasteiger partial charge in [-0.25, -0.2) is 8.42 Å². The highest BCUT2D eigenvalue weighted by Crippen LogP contribution is 2.38. The van der Waals surface area contributed by atoms with E-state index < -0.39 is 28.2 Å². The lowest BCUT2D eigenvalue weighted by molar-refractivity contribution is -0.186. The summed E-state index contributed by atoms with van der Waals surface area (Å²) in [7, 11) is -3.49. The number of rotatable bonds is 2. The molecule has 1 aliphatic heterocycles. The van der Waals surface area contributed by atoms with E-state index in [1.807, 2.05) is 0 Å². The first-order chi connectivity index (χ1) is 9.50. The zero-order valence-electron chi connectivity index (χ0n) is 11.2. The molecule has 0 fully saturated rings. The van der Waals surface area contributed by atoms with E-state index in [-0.39, 0.29) is 21.8 Å². The van der Waals surface area contributed by atoms with Crippen LogP contribution in [0.4, 0.5) is 13.2 Å². The average Bonchev–Trinajstić information content (AvgIpc) is 2.34. The minimum absolute atomic E-state index is 0.0310.